The maximum absolute atomic E-state index is 11.9. The molecule has 0 aliphatic carbocycles. The highest BCUT2D eigenvalue weighted by Crippen LogP contribution is 2.24. The molecule has 1 aliphatic heterocycles. The van der Waals surface area contributed by atoms with Crippen LogP contribution in [0.25, 0.3) is 0 Å². The lowest BCUT2D eigenvalue weighted by Crippen LogP contribution is -2.25. The van der Waals surface area contributed by atoms with Crippen molar-refractivity contribution in [2.45, 2.75) is 19.3 Å². The second-order valence-electron chi connectivity index (χ2n) is 4.93. The lowest BCUT2D eigenvalue weighted by Gasteiger charge is -2.12. The molecule has 3 heterocycles. The summed E-state index contributed by atoms with van der Waals surface area (Å²) < 4.78 is 0.634. The number of carbonyl (C=O) groups excluding carboxylic acids is 1. The Labute approximate surface area is 136 Å². The van der Waals surface area contributed by atoms with Crippen molar-refractivity contribution in [1.29, 1.82) is 0 Å². The zero-order chi connectivity index (χ0) is 14.7. The van der Waals surface area contributed by atoms with Gasteiger partial charge in [-0.1, -0.05) is 11.6 Å². The lowest BCUT2D eigenvalue weighted by molar-refractivity contribution is 0.0958. The molecule has 3 rings (SSSR count). The molecule has 2 aromatic rings. The third-order valence-electron chi connectivity index (χ3n) is 3.38. The average Bonchev–Trinajstić information content (AvgIpc) is 3.19. The minimum absolute atomic E-state index is 0.0677. The molecule has 0 radical (unpaired) electrons. The summed E-state index contributed by atoms with van der Waals surface area (Å²) in [4.78, 5) is 19.5. The quantitative estimate of drug-likeness (QED) is 0.906. The Morgan fingerprint density at radius 1 is 1.38 bits per heavy atom. The third kappa shape index (κ3) is 3.75. The van der Waals surface area contributed by atoms with Gasteiger partial charge in [0.1, 0.15) is 0 Å². The number of hydrogen-bond acceptors (Lipinski definition) is 5. The van der Waals surface area contributed by atoms with Crippen LogP contribution in [0.2, 0.25) is 4.34 Å². The number of nitrogens with one attached hydrogen (secondary N) is 1. The normalized spacial score (nSPS) is 14.6. The van der Waals surface area contributed by atoms with E-state index in [1.54, 1.807) is 23.5 Å². The Bertz CT molecular complexity index is 619. The summed E-state index contributed by atoms with van der Waals surface area (Å²) >= 11 is 8.81. The van der Waals surface area contributed by atoms with Crippen LogP contribution >= 0.6 is 34.3 Å². The maximum atomic E-state index is 11.9. The number of nitrogens with zero attached hydrogens (tertiary/aromatic N) is 2. The molecular weight excluding hydrogens is 326 g/mol. The summed E-state index contributed by atoms with van der Waals surface area (Å²) in [5.41, 5.74) is 1.05. The predicted octanol–water partition coefficient (Wildman–Crippen LogP) is 3.43. The molecule has 1 fully saturated rings. The van der Waals surface area contributed by atoms with Gasteiger partial charge in [0.25, 0.3) is 5.91 Å². The second kappa shape index (κ2) is 6.77. The molecule has 1 aliphatic rings. The zero-order valence-corrected chi connectivity index (χ0v) is 13.9. The summed E-state index contributed by atoms with van der Waals surface area (Å²) in [6.07, 6.45) is 3.28. The van der Waals surface area contributed by atoms with Crippen LogP contribution in [0.3, 0.4) is 0 Å². The third-order valence-corrected chi connectivity index (χ3v) is 5.56. The Morgan fingerprint density at radius 3 is 2.90 bits per heavy atom. The van der Waals surface area contributed by atoms with E-state index < -0.39 is 0 Å². The Hall–Kier alpha value is -1.11. The number of amides is 1. The molecule has 0 unspecified atom stereocenters. The molecule has 21 heavy (non-hydrogen) atoms. The number of halogens is 1. The molecule has 0 aromatic carbocycles. The van der Waals surface area contributed by atoms with Gasteiger partial charge in [-0.05, 0) is 25.0 Å². The van der Waals surface area contributed by atoms with Crippen molar-refractivity contribution in [3.63, 3.8) is 0 Å². The van der Waals surface area contributed by atoms with E-state index >= 15 is 0 Å². The minimum Gasteiger partial charge on any atom is -0.351 e. The summed E-state index contributed by atoms with van der Waals surface area (Å²) in [7, 11) is 0. The molecule has 7 heteroatoms. The molecule has 0 spiro atoms. The van der Waals surface area contributed by atoms with Gasteiger partial charge < -0.3 is 10.2 Å². The van der Waals surface area contributed by atoms with Crippen molar-refractivity contribution < 1.29 is 4.79 Å². The summed E-state index contributed by atoms with van der Waals surface area (Å²) in [6, 6.07) is 3.49. The highest BCUT2D eigenvalue weighted by molar-refractivity contribution is 7.18. The Balaban J connectivity index is 1.48. The Morgan fingerprint density at radius 2 is 2.19 bits per heavy atom. The first kappa shape index (κ1) is 14.8. The number of carbonyl (C=O) groups is 1. The van der Waals surface area contributed by atoms with E-state index in [2.05, 4.69) is 20.6 Å². The molecule has 1 saturated heterocycles. The van der Waals surface area contributed by atoms with E-state index in [1.165, 1.54) is 24.2 Å². The number of aromatic nitrogens is 1. The summed E-state index contributed by atoms with van der Waals surface area (Å²) in [6.45, 7) is 2.82. The van der Waals surface area contributed by atoms with Crippen molar-refractivity contribution in [1.82, 2.24) is 10.3 Å². The van der Waals surface area contributed by atoms with Gasteiger partial charge in [-0.15, -0.1) is 22.7 Å². The van der Waals surface area contributed by atoms with Crippen molar-refractivity contribution in [3.05, 3.63) is 32.4 Å². The highest BCUT2D eigenvalue weighted by Gasteiger charge is 2.15. The largest absolute Gasteiger partial charge is 0.351 e. The second-order valence-corrected chi connectivity index (χ2v) is 7.48. The SMILES string of the molecule is O=C(NCCc1csc(N2CCCC2)n1)c1ccc(Cl)s1. The van der Waals surface area contributed by atoms with Gasteiger partial charge in [-0.2, -0.15) is 0 Å². The van der Waals surface area contributed by atoms with Crippen LogP contribution < -0.4 is 10.2 Å². The molecule has 4 nitrogen and oxygen atoms in total. The van der Waals surface area contributed by atoms with Crippen LogP contribution in [-0.2, 0) is 6.42 Å². The number of hydrogen-bond donors (Lipinski definition) is 1. The van der Waals surface area contributed by atoms with Gasteiger partial charge in [0.2, 0.25) is 0 Å². The molecule has 0 bridgehead atoms. The van der Waals surface area contributed by atoms with Crippen molar-refractivity contribution in [3.8, 4) is 0 Å². The highest BCUT2D eigenvalue weighted by atomic mass is 35.5. The fourth-order valence-corrected chi connectivity index (χ4v) is 4.17. The molecular formula is C14H16ClN3OS2. The monoisotopic (exact) mass is 341 g/mol. The smallest absolute Gasteiger partial charge is 0.261 e. The van der Waals surface area contributed by atoms with Gasteiger partial charge in [0.15, 0.2) is 5.13 Å². The standard InChI is InChI=1S/C14H16ClN3OS2/c15-12-4-3-11(21-12)13(19)16-6-5-10-9-20-14(17-10)18-7-1-2-8-18/h3-4,9H,1-2,5-8H2,(H,16,19). The van der Waals surface area contributed by atoms with Crippen LogP contribution in [0.4, 0.5) is 5.13 Å². The van der Waals surface area contributed by atoms with Crippen molar-refractivity contribution in [2.24, 2.45) is 0 Å². The zero-order valence-electron chi connectivity index (χ0n) is 11.5. The van der Waals surface area contributed by atoms with E-state index in [9.17, 15) is 4.79 Å². The topological polar surface area (TPSA) is 45.2 Å². The van der Waals surface area contributed by atoms with Gasteiger partial charge in [-0.3, -0.25) is 4.79 Å². The molecule has 0 atom stereocenters. The van der Waals surface area contributed by atoms with Gasteiger partial charge in [0, 0.05) is 31.4 Å². The van der Waals surface area contributed by atoms with E-state index in [0.29, 0.717) is 15.8 Å². The van der Waals surface area contributed by atoms with Crippen molar-refractivity contribution >= 4 is 45.3 Å². The van der Waals surface area contributed by atoms with Gasteiger partial charge >= 0.3 is 0 Å². The number of thiazole rings is 1. The molecule has 1 N–H and O–H groups in total. The molecule has 0 saturated carbocycles. The summed E-state index contributed by atoms with van der Waals surface area (Å²) in [5, 5.41) is 6.10. The maximum Gasteiger partial charge on any atom is 0.261 e. The van der Waals surface area contributed by atoms with Gasteiger partial charge in [-0.25, -0.2) is 4.98 Å². The predicted molar refractivity (Wildman–Crippen MR) is 88.9 cm³/mol. The number of anilines is 1. The molecule has 2 aromatic heterocycles. The number of rotatable bonds is 5. The van der Waals surface area contributed by atoms with E-state index in [1.807, 2.05) is 0 Å². The van der Waals surface area contributed by atoms with E-state index in [-0.39, 0.29) is 5.91 Å². The fraction of sp³-hybridized carbons (Fsp3) is 0.429. The number of thiophene rings is 1. The Kier molecular flexibility index (Phi) is 4.77. The lowest BCUT2D eigenvalue weighted by atomic mass is 10.3. The minimum atomic E-state index is -0.0677. The van der Waals surface area contributed by atoms with Crippen LogP contribution in [0, 0.1) is 0 Å². The van der Waals surface area contributed by atoms with Crippen LogP contribution in [0.1, 0.15) is 28.2 Å². The van der Waals surface area contributed by atoms with Gasteiger partial charge in [0.05, 0.1) is 14.9 Å². The molecule has 112 valence electrons. The van der Waals surface area contributed by atoms with Crippen molar-refractivity contribution in [2.75, 3.05) is 24.5 Å². The van der Waals surface area contributed by atoms with Crippen LogP contribution in [-0.4, -0.2) is 30.5 Å². The molecule has 1 amide bonds. The average molecular weight is 342 g/mol. The van der Waals surface area contributed by atoms with Crippen LogP contribution in [0.15, 0.2) is 17.5 Å². The van der Waals surface area contributed by atoms with Crippen LogP contribution in [0.5, 0.6) is 0 Å². The fourth-order valence-electron chi connectivity index (χ4n) is 2.29. The first-order valence-corrected chi connectivity index (χ1v) is 9.03. The summed E-state index contributed by atoms with van der Waals surface area (Å²) in [5.74, 6) is -0.0677. The first-order chi connectivity index (χ1) is 10.2. The first-order valence-electron chi connectivity index (χ1n) is 6.95. The van der Waals surface area contributed by atoms with E-state index in [0.717, 1.165) is 30.3 Å². The van der Waals surface area contributed by atoms with E-state index in [4.69, 9.17) is 11.6 Å².